The van der Waals surface area contributed by atoms with Gasteiger partial charge in [-0.3, -0.25) is 9.78 Å². The molecule has 0 radical (unpaired) electrons. The molecule has 4 nitrogen and oxygen atoms in total. The van der Waals surface area contributed by atoms with Crippen molar-refractivity contribution in [2.75, 3.05) is 18.4 Å². The fourth-order valence-corrected chi connectivity index (χ4v) is 1.07. The Morgan fingerprint density at radius 3 is 3.00 bits per heavy atom. The Morgan fingerprint density at radius 1 is 1.57 bits per heavy atom. The van der Waals surface area contributed by atoms with Gasteiger partial charge in [-0.15, -0.1) is 0 Å². The minimum absolute atomic E-state index is 0.0301. The summed E-state index contributed by atoms with van der Waals surface area (Å²) >= 11 is 0. The van der Waals surface area contributed by atoms with Crippen LogP contribution in [0.15, 0.2) is 18.3 Å². The van der Waals surface area contributed by atoms with E-state index in [9.17, 15) is 4.79 Å². The fraction of sp³-hybridized carbons (Fsp3) is 0.400. The lowest BCUT2D eigenvalue weighted by atomic mass is 10.3. The van der Waals surface area contributed by atoms with Gasteiger partial charge >= 0.3 is 0 Å². The minimum Gasteiger partial charge on any atom is -0.325 e. The van der Waals surface area contributed by atoms with Gasteiger partial charge in [-0.1, -0.05) is 6.92 Å². The fourth-order valence-electron chi connectivity index (χ4n) is 1.07. The lowest BCUT2D eigenvalue weighted by Crippen LogP contribution is -2.27. The van der Waals surface area contributed by atoms with Crippen LogP contribution < -0.4 is 10.6 Å². The summed E-state index contributed by atoms with van der Waals surface area (Å²) in [4.78, 5) is 15.3. The van der Waals surface area contributed by atoms with Crippen molar-refractivity contribution in [3.05, 3.63) is 24.0 Å². The Labute approximate surface area is 83.7 Å². The number of likely N-dealkylation sites (N-methyl/N-ethyl adjacent to an activating group) is 1. The maximum Gasteiger partial charge on any atom is 0.238 e. The Balaban J connectivity index is 2.47. The number of carbonyl (C=O) groups excluding carboxylic acids is 1. The molecular weight excluding hydrogens is 178 g/mol. The molecule has 4 heteroatoms. The second-order valence-corrected chi connectivity index (χ2v) is 3.01. The minimum atomic E-state index is -0.0301. The van der Waals surface area contributed by atoms with Crippen molar-refractivity contribution in [2.45, 2.75) is 13.8 Å². The molecule has 76 valence electrons. The van der Waals surface area contributed by atoms with Crippen molar-refractivity contribution in [2.24, 2.45) is 0 Å². The molecule has 1 amide bonds. The van der Waals surface area contributed by atoms with Crippen LogP contribution >= 0.6 is 0 Å². The zero-order chi connectivity index (χ0) is 10.4. The molecule has 0 aliphatic carbocycles. The molecule has 0 fully saturated rings. The van der Waals surface area contributed by atoms with Gasteiger partial charge in [0.1, 0.15) is 0 Å². The molecule has 1 aromatic heterocycles. The lowest BCUT2D eigenvalue weighted by molar-refractivity contribution is -0.115. The summed E-state index contributed by atoms with van der Waals surface area (Å²) in [7, 11) is 0. The Bertz CT molecular complexity index is 312. The van der Waals surface area contributed by atoms with Crippen molar-refractivity contribution >= 4 is 11.6 Å². The third-order valence-electron chi connectivity index (χ3n) is 1.72. The number of aromatic nitrogens is 1. The van der Waals surface area contributed by atoms with E-state index in [2.05, 4.69) is 15.6 Å². The van der Waals surface area contributed by atoms with E-state index >= 15 is 0 Å². The number of hydrogen-bond donors (Lipinski definition) is 2. The van der Waals surface area contributed by atoms with E-state index in [4.69, 9.17) is 0 Å². The number of rotatable bonds is 4. The molecular formula is C10H15N3O. The van der Waals surface area contributed by atoms with Crippen molar-refractivity contribution in [3.8, 4) is 0 Å². The first-order valence-corrected chi connectivity index (χ1v) is 4.65. The second-order valence-electron chi connectivity index (χ2n) is 3.01. The molecule has 0 aromatic carbocycles. The lowest BCUT2D eigenvalue weighted by Gasteiger charge is -2.05. The highest BCUT2D eigenvalue weighted by Crippen LogP contribution is 2.06. The standard InChI is InChI=1S/C10H15N3O/c1-3-11-7-10(14)13-9-4-5-12-8(2)6-9/h4-6,11H,3,7H2,1-2H3,(H,12,13,14). The molecule has 1 rings (SSSR count). The molecule has 0 unspecified atom stereocenters. The number of nitrogens with one attached hydrogen (secondary N) is 2. The quantitative estimate of drug-likeness (QED) is 0.748. The van der Waals surface area contributed by atoms with Gasteiger partial charge in [-0.25, -0.2) is 0 Å². The predicted molar refractivity (Wildman–Crippen MR) is 56.1 cm³/mol. The smallest absolute Gasteiger partial charge is 0.238 e. The summed E-state index contributed by atoms with van der Waals surface area (Å²) in [5.41, 5.74) is 1.69. The highest BCUT2D eigenvalue weighted by Gasteiger charge is 2.00. The zero-order valence-corrected chi connectivity index (χ0v) is 8.50. The molecule has 0 spiro atoms. The van der Waals surface area contributed by atoms with Crippen molar-refractivity contribution < 1.29 is 4.79 Å². The highest BCUT2D eigenvalue weighted by molar-refractivity contribution is 5.92. The summed E-state index contributed by atoms with van der Waals surface area (Å²) in [6.07, 6.45) is 1.68. The number of pyridine rings is 1. The molecule has 0 bridgehead atoms. The number of anilines is 1. The van der Waals surface area contributed by atoms with Crippen LogP contribution in [0, 0.1) is 6.92 Å². The van der Waals surface area contributed by atoms with E-state index < -0.39 is 0 Å². The molecule has 0 aliphatic rings. The Kier molecular flexibility index (Phi) is 4.07. The number of nitrogens with zero attached hydrogens (tertiary/aromatic N) is 1. The van der Waals surface area contributed by atoms with Crippen LogP contribution in [-0.2, 0) is 4.79 Å². The SMILES string of the molecule is CCNCC(=O)Nc1ccnc(C)c1. The van der Waals surface area contributed by atoms with Crippen LogP contribution in [0.3, 0.4) is 0 Å². The maximum atomic E-state index is 11.3. The van der Waals surface area contributed by atoms with E-state index in [0.717, 1.165) is 17.9 Å². The molecule has 0 aliphatic heterocycles. The van der Waals surface area contributed by atoms with Crippen LogP contribution in [0.1, 0.15) is 12.6 Å². The first-order chi connectivity index (χ1) is 6.72. The van der Waals surface area contributed by atoms with Gasteiger partial charge in [0.2, 0.25) is 5.91 Å². The number of carbonyl (C=O) groups is 1. The summed E-state index contributed by atoms with van der Waals surface area (Å²) in [5, 5.41) is 5.73. The van der Waals surface area contributed by atoms with Gasteiger partial charge in [0.05, 0.1) is 6.54 Å². The van der Waals surface area contributed by atoms with Crippen LogP contribution in [0.4, 0.5) is 5.69 Å². The summed E-state index contributed by atoms with van der Waals surface area (Å²) in [6, 6.07) is 3.61. The largest absolute Gasteiger partial charge is 0.325 e. The first kappa shape index (κ1) is 10.7. The van der Waals surface area contributed by atoms with E-state index in [1.54, 1.807) is 12.3 Å². The first-order valence-electron chi connectivity index (χ1n) is 4.65. The predicted octanol–water partition coefficient (Wildman–Crippen LogP) is 0.938. The highest BCUT2D eigenvalue weighted by atomic mass is 16.1. The molecule has 1 heterocycles. The topological polar surface area (TPSA) is 54.0 Å². The van der Waals surface area contributed by atoms with E-state index in [1.807, 2.05) is 19.9 Å². The van der Waals surface area contributed by atoms with Crippen molar-refractivity contribution in [1.29, 1.82) is 0 Å². The molecule has 1 aromatic rings. The van der Waals surface area contributed by atoms with Gasteiger partial charge in [0.15, 0.2) is 0 Å². The molecule has 0 saturated heterocycles. The third-order valence-corrected chi connectivity index (χ3v) is 1.72. The van der Waals surface area contributed by atoms with Gasteiger partial charge < -0.3 is 10.6 Å². The normalized spacial score (nSPS) is 9.86. The molecule has 14 heavy (non-hydrogen) atoms. The summed E-state index contributed by atoms with van der Waals surface area (Å²) in [5.74, 6) is -0.0301. The average Bonchev–Trinajstić information content (AvgIpc) is 2.15. The average molecular weight is 193 g/mol. The summed E-state index contributed by atoms with van der Waals surface area (Å²) < 4.78 is 0. The van der Waals surface area contributed by atoms with Gasteiger partial charge in [0, 0.05) is 17.6 Å². The molecule has 0 atom stereocenters. The third kappa shape index (κ3) is 3.53. The van der Waals surface area contributed by atoms with E-state index in [-0.39, 0.29) is 5.91 Å². The van der Waals surface area contributed by atoms with E-state index in [0.29, 0.717) is 6.54 Å². The molecule has 0 saturated carbocycles. The van der Waals surface area contributed by atoms with Crippen LogP contribution in [0.25, 0.3) is 0 Å². The second kappa shape index (κ2) is 5.34. The van der Waals surface area contributed by atoms with Gasteiger partial charge in [-0.2, -0.15) is 0 Å². The van der Waals surface area contributed by atoms with Crippen LogP contribution in [0.2, 0.25) is 0 Å². The zero-order valence-electron chi connectivity index (χ0n) is 8.50. The molecule has 2 N–H and O–H groups in total. The number of amides is 1. The Hall–Kier alpha value is -1.42. The van der Waals surface area contributed by atoms with Crippen molar-refractivity contribution in [1.82, 2.24) is 10.3 Å². The van der Waals surface area contributed by atoms with Crippen LogP contribution in [0.5, 0.6) is 0 Å². The van der Waals surface area contributed by atoms with Crippen LogP contribution in [-0.4, -0.2) is 24.0 Å². The maximum absolute atomic E-state index is 11.3. The summed E-state index contributed by atoms with van der Waals surface area (Å²) in [6.45, 7) is 4.99. The van der Waals surface area contributed by atoms with Gasteiger partial charge in [-0.05, 0) is 25.6 Å². The monoisotopic (exact) mass is 193 g/mol. The van der Waals surface area contributed by atoms with Crippen molar-refractivity contribution in [3.63, 3.8) is 0 Å². The van der Waals surface area contributed by atoms with Gasteiger partial charge in [0.25, 0.3) is 0 Å². The number of hydrogen-bond acceptors (Lipinski definition) is 3. The Morgan fingerprint density at radius 2 is 2.36 bits per heavy atom. The number of aryl methyl sites for hydroxylation is 1. The van der Waals surface area contributed by atoms with E-state index in [1.165, 1.54) is 0 Å².